The average Bonchev–Trinajstić information content (AvgIpc) is 3.29. The molecule has 2 unspecified atom stereocenters. The van der Waals surface area contributed by atoms with E-state index in [9.17, 15) is 4.79 Å². The fraction of sp³-hybridized carbons (Fsp3) is 0.720. The zero-order valence-corrected chi connectivity index (χ0v) is 24.0. The third kappa shape index (κ3) is 9.18. The summed E-state index contributed by atoms with van der Waals surface area (Å²) in [4.78, 5) is 16.1. The normalized spacial score (nSPS) is 13.7. The van der Waals surface area contributed by atoms with Crippen LogP contribution in [0.5, 0.6) is 0 Å². The molecule has 0 aliphatic carbocycles. The maximum Gasteiger partial charge on any atom is 0.413 e. The van der Waals surface area contributed by atoms with Gasteiger partial charge in [0.1, 0.15) is 11.4 Å². The van der Waals surface area contributed by atoms with E-state index in [0.717, 1.165) is 5.69 Å². The van der Waals surface area contributed by atoms with Gasteiger partial charge in [-0.25, -0.2) is 4.79 Å². The minimum atomic E-state index is -0.523. The molecule has 0 aromatic carbocycles. The van der Waals surface area contributed by atoms with Crippen molar-refractivity contribution in [1.29, 1.82) is 0 Å². The number of aromatic nitrogens is 4. The van der Waals surface area contributed by atoms with Crippen molar-refractivity contribution in [3.05, 3.63) is 23.5 Å². The molecule has 2 aromatic heterocycles. The number of hydrogen-bond acceptors (Lipinski definition) is 7. The lowest BCUT2D eigenvalue weighted by atomic mass is 10.2. The highest BCUT2D eigenvalue weighted by molar-refractivity contribution is 5.83. The second-order valence-corrected chi connectivity index (χ2v) is 10.9. The van der Waals surface area contributed by atoms with Gasteiger partial charge in [-0.1, -0.05) is 0 Å². The van der Waals surface area contributed by atoms with Crippen molar-refractivity contribution in [3.63, 3.8) is 0 Å². The van der Waals surface area contributed by atoms with Gasteiger partial charge in [0, 0.05) is 36.3 Å². The average molecular weight is 493 g/mol. The quantitative estimate of drug-likeness (QED) is 0.553. The van der Waals surface area contributed by atoms with Gasteiger partial charge >= 0.3 is 6.09 Å². The van der Waals surface area contributed by atoms with Crippen LogP contribution in [0.3, 0.4) is 0 Å². The second kappa shape index (κ2) is 12.4. The van der Waals surface area contributed by atoms with Gasteiger partial charge in [-0.2, -0.15) is 10.2 Å². The lowest BCUT2D eigenvalue weighted by molar-refractivity contribution is 0.0635. The molecule has 2 rings (SSSR count). The third-order valence-electron chi connectivity index (χ3n) is 5.56. The smallest absolute Gasteiger partial charge is 0.413 e. The molecular weight excluding hydrogens is 444 g/mol. The van der Waals surface area contributed by atoms with Gasteiger partial charge < -0.3 is 20.3 Å². The molecule has 0 saturated carbocycles. The fourth-order valence-corrected chi connectivity index (χ4v) is 3.29. The molecule has 2 aromatic rings. The molecule has 0 aliphatic rings. The first-order valence-corrected chi connectivity index (χ1v) is 12.2. The van der Waals surface area contributed by atoms with Crippen molar-refractivity contribution < 1.29 is 9.53 Å². The van der Waals surface area contributed by atoms with Crippen LogP contribution >= 0.6 is 0 Å². The first-order chi connectivity index (χ1) is 15.9. The summed E-state index contributed by atoms with van der Waals surface area (Å²) < 4.78 is 9.16. The molecule has 0 saturated heterocycles. The van der Waals surface area contributed by atoms with Crippen LogP contribution in [0, 0.1) is 0 Å². The van der Waals surface area contributed by atoms with Crippen molar-refractivity contribution in [1.82, 2.24) is 29.4 Å². The summed E-state index contributed by atoms with van der Waals surface area (Å²) in [6.45, 7) is 18.1. The molecule has 200 valence electrons. The van der Waals surface area contributed by atoms with Crippen molar-refractivity contribution in [3.8, 4) is 0 Å². The summed E-state index contributed by atoms with van der Waals surface area (Å²) in [7, 11) is 8.14. The number of nitrogens with zero attached hydrogens (tertiary/aromatic N) is 6. The Morgan fingerprint density at radius 3 is 1.71 bits per heavy atom. The van der Waals surface area contributed by atoms with E-state index in [0.29, 0.717) is 23.7 Å². The van der Waals surface area contributed by atoms with Crippen LogP contribution in [0.4, 0.5) is 16.4 Å². The SMILES string of the molecule is CC(c1cc(N)nn1C(C)C)N(C)C.CC(c1cc(NC(=O)OC(C)(C)C)nn1C(C)C)N(C)C. The molecule has 0 spiro atoms. The van der Waals surface area contributed by atoms with Gasteiger partial charge in [-0.05, 0) is 90.5 Å². The molecule has 2 atom stereocenters. The molecule has 0 radical (unpaired) electrons. The van der Waals surface area contributed by atoms with Gasteiger partial charge in [0.2, 0.25) is 0 Å². The van der Waals surface area contributed by atoms with Crippen LogP contribution in [0.15, 0.2) is 12.1 Å². The zero-order chi connectivity index (χ0) is 27.2. The maximum atomic E-state index is 11.8. The Morgan fingerprint density at radius 1 is 0.886 bits per heavy atom. The standard InChI is InChI=1S/C15H28N4O2.C10H20N4/c1-10(2)19-12(11(3)18(7)8)9-13(17-19)16-14(20)21-15(4,5)6;1-7(2)14-9(6-10(11)12-14)8(3)13(4)5/h9-11H,1-8H3,(H,16,17,20);6-8H,1-5H3,(H2,11,12). The maximum absolute atomic E-state index is 11.8. The topological polar surface area (TPSA) is 106 Å². The second-order valence-electron chi connectivity index (χ2n) is 10.9. The van der Waals surface area contributed by atoms with Crippen LogP contribution in [-0.2, 0) is 4.74 Å². The van der Waals surface area contributed by atoms with Crippen LogP contribution in [0.25, 0.3) is 0 Å². The highest BCUT2D eigenvalue weighted by atomic mass is 16.6. The first kappa shape index (κ1) is 30.4. The number of anilines is 2. The third-order valence-corrected chi connectivity index (χ3v) is 5.56. The Bertz CT molecular complexity index is 938. The predicted octanol–water partition coefficient (Wildman–Crippen LogP) is 5.10. The van der Waals surface area contributed by atoms with E-state index in [1.54, 1.807) is 0 Å². The Morgan fingerprint density at radius 2 is 1.31 bits per heavy atom. The summed E-state index contributed by atoms with van der Waals surface area (Å²) in [5.74, 6) is 1.11. The molecule has 0 aliphatic heterocycles. The Hall–Kier alpha value is -2.59. The van der Waals surface area contributed by atoms with Gasteiger partial charge in [0.25, 0.3) is 0 Å². The van der Waals surface area contributed by atoms with Crippen molar-refractivity contribution >= 4 is 17.7 Å². The molecule has 10 nitrogen and oxygen atoms in total. The van der Waals surface area contributed by atoms with E-state index in [-0.39, 0.29) is 12.1 Å². The molecule has 10 heteroatoms. The zero-order valence-electron chi connectivity index (χ0n) is 24.0. The first-order valence-electron chi connectivity index (χ1n) is 12.2. The number of hydrogen-bond donors (Lipinski definition) is 2. The predicted molar refractivity (Wildman–Crippen MR) is 144 cm³/mol. The Balaban J connectivity index is 0.000000379. The van der Waals surface area contributed by atoms with E-state index in [2.05, 4.69) is 81.0 Å². The number of nitrogens with two attached hydrogens (primary N) is 1. The van der Waals surface area contributed by atoms with Gasteiger partial charge in [-0.3, -0.25) is 14.7 Å². The number of ether oxygens (including phenoxy) is 1. The van der Waals surface area contributed by atoms with Crippen LogP contribution in [-0.4, -0.2) is 69.2 Å². The number of rotatable bonds is 7. The minimum Gasteiger partial charge on any atom is -0.444 e. The fourth-order valence-electron chi connectivity index (χ4n) is 3.29. The number of carbonyl (C=O) groups is 1. The molecule has 2 heterocycles. The number of nitrogens with one attached hydrogen (secondary N) is 1. The van der Waals surface area contributed by atoms with Crippen molar-refractivity contribution in [2.75, 3.05) is 39.2 Å². The Kier molecular flexibility index (Phi) is 10.8. The molecular formula is C25H48N8O2. The number of amides is 1. The van der Waals surface area contributed by atoms with Crippen LogP contribution in [0.1, 0.15) is 97.9 Å². The van der Waals surface area contributed by atoms with E-state index in [1.165, 1.54) is 5.69 Å². The van der Waals surface area contributed by atoms with Crippen molar-refractivity contribution in [2.45, 2.75) is 92.1 Å². The highest BCUT2D eigenvalue weighted by Gasteiger charge is 2.21. The summed E-state index contributed by atoms with van der Waals surface area (Å²) in [6, 6.07) is 4.96. The molecule has 3 N–H and O–H groups in total. The minimum absolute atomic E-state index is 0.203. The van der Waals surface area contributed by atoms with E-state index in [1.807, 2.05) is 56.4 Å². The van der Waals surface area contributed by atoms with E-state index >= 15 is 0 Å². The van der Waals surface area contributed by atoms with E-state index < -0.39 is 11.7 Å². The molecule has 0 fully saturated rings. The molecule has 35 heavy (non-hydrogen) atoms. The lowest BCUT2D eigenvalue weighted by Crippen LogP contribution is -2.27. The summed E-state index contributed by atoms with van der Waals surface area (Å²) in [5, 5.41) is 11.4. The number of carbonyl (C=O) groups excluding carboxylic acids is 1. The summed E-state index contributed by atoms with van der Waals surface area (Å²) in [6.07, 6.45) is -0.486. The molecule has 0 bridgehead atoms. The Labute approximate surface area is 211 Å². The van der Waals surface area contributed by atoms with Gasteiger partial charge in [0.15, 0.2) is 5.82 Å². The monoisotopic (exact) mass is 492 g/mol. The molecule has 1 amide bonds. The summed E-state index contributed by atoms with van der Waals surface area (Å²) >= 11 is 0. The van der Waals surface area contributed by atoms with Crippen molar-refractivity contribution in [2.24, 2.45) is 0 Å². The van der Waals surface area contributed by atoms with Crippen LogP contribution < -0.4 is 11.1 Å². The van der Waals surface area contributed by atoms with Gasteiger partial charge in [-0.15, -0.1) is 0 Å². The number of nitrogen functional groups attached to an aromatic ring is 1. The highest BCUT2D eigenvalue weighted by Crippen LogP contribution is 2.25. The summed E-state index contributed by atoms with van der Waals surface area (Å²) in [5.41, 5.74) is 7.41. The lowest BCUT2D eigenvalue weighted by Gasteiger charge is -2.22. The van der Waals surface area contributed by atoms with Gasteiger partial charge in [0.05, 0.1) is 11.4 Å². The van der Waals surface area contributed by atoms with Crippen LogP contribution in [0.2, 0.25) is 0 Å². The van der Waals surface area contributed by atoms with E-state index in [4.69, 9.17) is 10.5 Å². The largest absolute Gasteiger partial charge is 0.444 e.